The molecule has 8 heteroatoms. The molecule has 0 spiro atoms. The summed E-state index contributed by atoms with van der Waals surface area (Å²) in [6, 6.07) is 8.59. The normalized spacial score (nSPS) is 17.2. The molecule has 1 heterocycles. The monoisotopic (exact) mass is 416 g/mol. The second kappa shape index (κ2) is 8.94. The van der Waals surface area contributed by atoms with Gasteiger partial charge in [0.15, 0.2) is 17.6 Å². The first-order chi connectivity index (χ1) is 14.4. The highest BCUT2D eigenvalue weighted by molar-refractivity contribution is 5.70. The molecule has 0 saturated heterocycles. The maximum Gasteiger partial charge on any atom is 0.308 e. The Morgan fingerprint density at radius 2 is 1.63 bits per heavy atom. The Labute approximate surface area is 174 Å². The number of ether oxygens (including phenoxy) is 6. The standard InChI is InChI=1S/C22H24O8/c1-12(23)28-20-8-14(6-7-17(20)26-4)22-21(29-13(2)24)11-16-18(27-5)9-15(25-3)10-19(16)30-22/h6-10,21-22H,11H2,1-5H3/t21-,22+/m0/s1. The van der Waals surface area contributed by atoms with Crippen molar-refractivity contribution in [2.24, 2.45) is 0 Å². The molecule has 0 fully saturated rings. The quantitative estimate of drug-likeness (QED) is 0.524. The Hall–Kier alpha value is -3.42. The average molecular weight is 416 g/mol. The molecule has 2 atom stereocenters. The summed E-state index contributed by atoms with van der Waals surface area (Å²) in [6.07, 6.45) is -0.879. The van der Waals surface area contributed by atoms with E-state index in [1.165, 1.54) is 21.0 Å². The van der Waals surface area contributed by atoms with Crippen LogP contribution in [-0.4, -0.2) is 39.4 Å². The molecule has 1 aliphatic heterocycles. The molecule has 8 nitrogen and oxygen atoms in total. The second-order valence-corrected chi connectivity index (χ2v) is 6.70. The first-order valence-corrected chi connectivity index (χ1v) is 9.31. The van der Waals surface area contributed by atoms with Gasteiger partial charge in [0.2, 0.25) is 0 Å². The summed E-state index contributed by atoms with van der Waals surface area (Å²) in [5.74, 6) is 1.45. The number of benzene rings is 2. The van der Waals surface area contributed by atoms with Crippen molar-refractivity contribution in [1.29, 1.82) is 0 Å². The lowest BCUT2D eigenvalue weighted by molar-refractivity contribution is -0.152. The highest BCUT2D eigenvalue weighted by Crippen LogP contribution is 2.44. The summed E-state index contributed by atoms with van der Waals surface area (Å²) in [6.45, 7) is 2.65. The largest absolute Gasteiger partial charge is 0.496 e. The van der Waals surface area contributed by atoms with E-state index in [1.54, 1.807) is 44.6 Å². The SMILES string of the molecule is COc1cc(OC)c2c(c1)O[C@H](c1ccc(OC)c(OC(C)=O)c1)[C@@H](OC(C)=O)C2. The Balaban J connectivity index is 2.06. The van der Waals surface area contributed by atoms with Crippen molar-refractivity contribution in [3.63, 3.8) is 0 Å². The van der Waals surface area contributed by atoms with Crippen LogP contribution in [0, 0.1) is 0 Å². The molecule has 0 bridgehead atoms. The minimum absolute atomic E-state index is 0.252. The van der Waals surface area contributed by atoms with Gasteiger partial charge in [0, 0.05) is 43.5 Å². The smallest absolute Gasteiger partial charge is 0.308 e. The molecule has 0 aliphatic carbocycles. The predicted molar refractivity (Wildman–Crippen MR) is 106 cm³/mol. The topological polar surface area (TPSA) is 89.5 Å². The Kier molecular flexibility index (Phi) is 6.34. The van der Waals surface area contributed by atoms with Crippen LogP contribution in [0.15, 0.2) is 30.3 Å². The molecule has 2 aromatic carbocycles. The van der Waals surface area contributed by atoms with E-state index < -0.39 is 24.1 Å². The van der Waals surface area contributed by atoms with E-state index in [2.05, 4.69) is 0 Å². The van der Waals surface area contributed by atoms with Crippen LogP contribution >= 0.6 is 0 Å². The molecule has 0 radical (unpaired) electrons. The fourth-order valence-corrected chi connectivity index (χ4v) is 3.43. The summed E-state index contributed by atoms with van der Waals surface area (Å²) >= 11 is 0. The van der Waals surface area contributed by atoms with Crippen molar-refractivity contribution in [2.75, 3.05) is 21.3 Å². The number of carbonyl (C=O) groups excluding carboxylic acids is 2. The van der Waals surface area contributed by atoms with Gasteiger partial charge >= 0.3 is 11.9 Å². The van der Waals surface area contributed by atoms with E-state index in [0.29, 0.717) is 35.0 Å². The van der Waals surface area contributed by atoms with Crippen molar-refractivity contribution < 1.29 is 38.0 Å². The Morgan fingerprint density at radius 1 is 0.900 bits per heavy atom. The third-order valence-corrected chi connectivity index (χ3v) is 4.68. The predicted octanol–water partition coefficient (Wildman–Crippen LogP) is 3.25. The van der Waals surface area contributed by atoms with Gasteiger partial charge in [0.25, 0.3) is 0 Å². The van der Waals surface area contributed by atoms with Gasteiger partial charge in [0.05, 0.1) is 21.3 Å². The molecule has 3 rings (SSSR count). The van der Waals surface area contributed by atoms with Gasteiger partial charge in [-0.3, -0.25) is 9.59 Å². The van der Waals surface area contributed by atoms with Crippen LogP contribution in [0.2, 0.25) is 0 Å². The zero-order valence-electron chi connectivity index (χ0n) is 17.5. The van der Waals surface area contributed by atoms with Crippen LogP contribution in [0.5, 0.6) is 28.7 Å². The zero-order chi connectivity index (χ0) is 21.8. The van der Waals surface area contributed by atoms with Gasteiger partial charge in [0.1, 0.15) is 23.4 Å². The molecule has 0 unspecified atom stereocenters. The van der Waals surface area contributed by atoms with Crippen molar-refractivity contribution in [3.8, 4) is 28.7 Å². The molecule has 0 aromatic heterocycles. The molecule has 1 aliphatic rings. The van der Waals surface area contributed by atoms with Crippen molar-refractivity contribution in [2.45, 2.75) is 32.5 Å². The van der Waals surface area contributed by atoms with Crippen LogP contribution in [0.25, 0.3) is 0 Å². The van der Waals surface area contributed by atoms with E-state index in [9.17, 15) is 9.59 Å². The average Bonchev–Trinajstić information content (AvgIpc) is 2.71. The summed E-state index contributed by atoms with van der Waals surface area (Å²) in [5.41, 5.74) is 1.43. The number of carbonyl (C=O) groups is 2. The first-order valence-electron chi connectivity index (χ1n) is 9.31. The van der Waals surface area contributed by atoms with Crippen molar-refractivity contribution in [1.82, 2.24) is 0 Å². The van der Waals surface area contributed by atoms with E-state index in [0.717, 1.165) is 5.56 Å². The molecular weight excluding hydrogens is 392 g/mol. The zero-order valence-corrected chi connectivity index (χ0v) is 17.5. The molecule has 0 amide bonds. The number of rotatable bonds is 6. The molecule has 160 valence electrons. The van der Waals surface area contributed by atoms with Gasteiger partial charge in [-0.15, -0.1) is 0 Å². The van der Waals surface area contributed by atoms with Crippen LogP contribution < -0.4 is 23.7 Å². The number of fused-ring (bicyclic) bond motifs is 1. The molecule has 0 saturated carbocycles. The number of methoxy groups -OCH3 is 3. The van der Waals surface area contributed by atoms with E-state index >= 15 is 0 Å². The molecule has 30 heavy (non-hydrogen) atoms. The third kappa shape index (κ3) is 4.42. The van der Waals surface area contributed by atoms with Gasteiger partial charge in [-0.05, 0) is 12.1 Å². The van der Waals surface area contributed by atoms with Gasteiger partial charge in [-0.1, -0.05) is 6.07 Å². The van der Waals surface area contributed by atoms with Gasteiger partial charge in [-0.2, -0.15) is 0 Å². The summed E-state index contributed by atoms with van der Waals surface area (Å²) < 4.78 is 33.1. The highest BCUT2D eigenvalue weighted by atomic mass is 16.6. The second-order valence-electron chi connectivity index (χ2n) is 6.70. The minimum Gasteiger partial charge on any atom is -0.496 e. The van der Waals surface area contributed by atoms with Crippen LogP contribution in [-0.2, 0) is 20.7 Å². The third-order valence-electron chi connectivity index (χ3n) is 4.68. The van der Waals surface area contributed by atoms with E-state index in [1.807, 2.05) is 0 Å². The van der Waals surface area contributed by atoms with Gasteiger partial charge < -0.3 is 28.4 Å². The first kappa shape index (κ1) is 21.3. The molecule has 2 aromatic rings. The molecular formula is C22H24O8. The maximum atomic E-state index is 11.8. The van der Waals surface area contributed by atoms with Crippen molar-refractivity contribution >= 4 is 11.9 Å². The molecule has 0 N–H and O–H groups in total. The lowest BCUT2D eigenvalue weighted by Crippen LogP contribution is -2.34. The number of esters is 2. The lowest BCUT2D eigenvalue weighted by Gasteiger charge is -2.34. The van der Waals surface area contributed by atoms with E-state index in [-0.39, 0.29) is 5.75 Å². The summed E-state index contributed by atoms with van der Waals surface area (Å²) in [4.78, 5) is 23.2. The minimum atomic E-state index is -0.640. The Morgan fingerprint density at radius 3 is 2.23 bits per heavy atom. The van der Waals surface area contributed by atoms with E-state index in [4.69, 9.17) is 28.4 Å². The van der Waals surface area contributed by atoms with Gasteiger partial charge in [-0.25, -0.2) is 0 Å². The highest BCUT2D eigenvalue weighted by Gasteiger charge is 2.36. The van der Waals surface area contributed by atoms with Crippen LogP contribution in [0.4, 0.5) is 0 Å². The summed E-state index contributed by atoms with van der Waals surface area (Å²) in [7, 11) is 4.59. The Bertz CT molecular complexity index is 952. The van der Waals surface area contributed by atoms with Crippen LogP contribution in [0.1, 0.15) is 31.1 Å². The number of hydrogen-bond acceptors (Lipinski definition) is 8. The fourth-order valence-electron chi connectivity index (χ4n) is 3.43. The summed E-state index contributed by atoms with van der Waals surface area (Å²) in [5, 5.41) is 0. The number of hydrogen-bond donors (Lipinski definition) is 0. The van der Waals surface area contributed by atoms with Crippen LogP contribution in [0.3, 0.4) is 0 Å². The maximum absolute atomic E-state index is 11.8. The lowest BCUT2D eigenvalue weighted by atomic mass is 9.93. The fraction of sp³-hybridized carbons (Fsp3) is 0.364. The van der Waals surface area contributed by atoms with Crippen molar-refractivity contribution in [3.05, 3.63) is 41.5 Å².